The van der Waals surface area contributed by atoms with Crippen LogP contribution < -0.4 is 10.6 Å². The molecule has 2 N–H and O–H groups in total. The number of amides is 1. The Morgan fingerprint density at radius 3 is 2.80 bits per heavy atom. The van der Waals surface area contributed by atoms with Gasteiger partial charge in [-0.15, -0.1) is 0 Å². The Hall–Kier alpha value is -0.570. The third-order valence-corrected chi connectivity index (χ3v) is 3.95. The van der Waals surface area contributed by atoms with E-state index in [1.165, 1.54) is 19.3 Å². The highest BCUT2D eigenvalue weighted by Gasteiger charge is 2.26. The van der Waals surface area contributed by atoms with Gasteiger partial charge in [0.2, 0.25) is 5.91 Å². The Morgan fingerprint density at radius 2 is 2.20 bits per heavy atom. The molecule has 0 radical (unpaired) electrons. The maximum absolute atomic E-state index is 11.7. The Bertz CT molecular complexity index is 224. The molecule has 1 amide bonds. The molecule has 86 valence electrons. The van der Waals surface area contributed by atoms with Crippen molar-refractivity contribution in [2.75, 3.05) is 13.1 Å². The highest BCUT2D eigenvalue weighted by Crippen LogP contribution is 2.30. The van der Waals surface area contributed by atoms with Gasteiger partial charge in [-0.1, -0.05) is 19.8 Å². The van der Waals surface area contributed by atoms with Gasteiger partial charge in [-0.3, -0.25) is 4.79 Å². The lowest BCUT2D eigenvalue weighted by molar-refractivity contribution is -0.123. The molecule has 3 heteroatoms. The van der Waals surface area contributed by atoms with Gasteiger partial charge in [-0.2, -0.15) is 0 Å². The first-order chi connectivity index (χ1) is 7.27. The number of carbonyl (C=O) groups is 1. The lowest BCUT2D eigenvalue weighted by atomic mass is 9.98. The average molecular weight is 210 g/mol. The van der Waals surface area contributed by atoms with E-state index in [-0.39, 0.29) is 11.9 Å². The molecule has 1 heterocycles. The molecule has 3 nitrogen and oxygen atoms in total. The van der Waals surface area contributed by atoms with E-state index in [1.54, 1.807) is 0 Å². The highest BCUT2D eigenvalue weighted by atomic mass is 16.2. The first kappa shape index (κ1) is 10.9. The molecule has 1 aliphatic heterocycles. The zero-order valence-electron chi connectivity index (χ0n) is 9.59. The summed E-state index contributed by atoms with van der Waals surface area (Å²) in [6, 6.07) is 0.0849. The topological polar surface area (TPSA) is 41.1 Å². The molecule has 1 saturated heterocycles. The second-order valence-electron chi connectivity index (χ2n) is 5.06. The standard InChI is InChI=1S/C12H22N2O/c1-9-4-2-5-10(9)8-14-12(15)11-6-3-7-13-11/h9-11,13H,2-8H2,1H3,(H,14,15)/t9?,10?,11-/m0/s1. The molecule has 2 unspecified atom stereocenters. The number of carbonyl (C=O) groups excluding carboxylic acids is 1. The third kappa shape index (κ3) is 2.71. The number of nitrogens with one attached hydrogen (secondary N) is 2. The smallest absolute Gasteiger partial charge is 0.237 e. The maximum atomic E-state index is 11.7. The quantitative estimate of drug-likeness (QED) is 0.737. The first-order valence-corrected chi connectivity index (χ1v) is 6.28. The summed E-state index contributed by atoms with van der Waals surface area (Å²) in [5, 5.41) is 6.33. The van der Waals surface area contributed by atoms with Crippen LogP contribution in [0.1, 0.15) is 39.0 Å². The summed E-state index contributed by atoms with van der Waals surface area (Å²) in [6.45, 7) is 4.19. The van der Waals surface area contributed by atoms with E-state index >= 15 is 0 Å². The minimum absolute atomic E-state index is 0.0849. The molecule has 1 saturated carbocycles. The predicted molar refractivity (Wildman–Crippen MR) is 60.5 cm³/mol. The van der Waals surface area contributed by atoms with Gasteiger partial charge >= 0.3 is 0 Å². The molecule has 0 aromatic carbocycles. The van der Waals surface area contributed by atoms with Gasteiger partial charge in [0.05, 0.1) is 6.04 Å². The second-order valence-corrected chi connectivity index (χ2v) is 5.06. The Balaban J connectivity index is 1.70. The van der Waals surface area contributed by atoms with Gasteiger partial charge in [-0.25, -0.2) is 0 Å². The van der Waals surface area contributed by atoms with Crippen molar-refractivity contribution in [1.29, 1.82) is 0 Å². The summed E-state index contributed by atoms with van der Waals surface area (Å²) in [5.41, 5.74) is 0. The fourth-order valence-electron chi connectivity index (χ4n) is 2.79. The summed E-state index contributed by atoms with van der Waals surface area (Å²) >= 11 is 0. The van der Waals surface area contributed by atoms with Crippen molar-refractivity contribution in [3.05, 3.63) is 0 Å². The van der Waals surface area contributed by atoms with Crippen LogP contribution in [0.3, 0.4) is 0 Å². The molecule has 0 spiro atoms. The van der Waals surface area contributed by atoms with Crippen LogP contribution in [-0.2, 0) is 4.79 Å². The monoisotopic (exact) mass is 210 g/mol. The lowest BCUT2D eigenvalue weighted by Gasteiger charge is -2.17. The molecule has 2 aliphatic rings. The van der Waals surface area contributed by atoms with Gasteiger partial charge in [0.15, 0.2) is 0 Å². The molecule has 0 aromatic rings. The zero-order valence-corrected chi connectivity index (χ0v) is 9.59. The first-order valence-electron chi connectivity index (χ1n) is 6.28. The van der Waals surface area contributed by atoms with E-state index in [2.05, 4.69) is 17.6 Å². The van der Waals surface area contributed by atoms with Crippen LogP contribution in [0, 0.1) is 11.8 Å². The van der Waals surface area contributed by atoms with Crippen molar-refractivity contribution < 1.29 is 4.79 Å². The molecule has 3 atom stereocenters. The van der Waals surface area contributed by atoms with Crippen molar-refractivity contribution in [3.63, 3.8) is 0 Å². The zero-order chi connectivity index (χ0) is 10.7. The van der Waals surface area contributed by atoms with Crippen LogP contribution >= 0.6 is 0 Å². The van der Waals surface area contributed by atoms with Crippen LogP contribution in [0.4, 0.5) is 0 Å². The van der Waals surface area contributed by atoms with Gasteiger partial charge in [0.25, 0.3) is 0 Å². The van der Waals surface area contributed by atoms with Crippen molar-refractivity contribution >= 4 is 5.91 Å². The van der Waals surface area contributed by atoms with E-state index in [1.807, 2.05) is 0 Å². The van der Waals surface area contributed by atoms with E-state index in [0.29, 0.717) is 0 Å². The van der Waals surface area contributed by atoms with Gasteiger partial charge in [-0.05, 0) is 37.6 Å². The molecule has 1 aliphatic carbocycles. The van der Waals surface area contributed by atoms with Crippen molar-refractivity contribution in [2.45, 2.75) is 45.1 Å². The molecule has 0 aromatic heterocycles. The van der Waals surface area contributed by atoms with E-state index < -0.39 is 0 Å². The van der Waals surface area contributed by atoms with Gasteiger partial charge in [0, 0.05) is 6.54 Å². The summed E-state index contributed by atoms with van der Waals surface area (Å²) in [7, 11) is 0. The predicted octanol–water partition coefficient (Wildman–Crippen LogP) is 1.29. The summed E-state index contributed by atoms with van der Waals surface area (Å²) in [6.07, 6.45) is 6.11. The Kier molecular flexibility index (Phi) is 3.62. The minimum atomic E-state index is 0.0849. The number of hydrogen-bond donors (Lipinski definition) is 2. The number of rotatable bonds is 3. The lowest BCUT2D eigenvalue weighted by Crippen LogP contribution is -2.42. The molecular formula is C12H22N2O. The molecular weight excluding hydrogens is 188 g/mol. The molecule has 0 bridgehead atoms. The minimum Gasteiger partial charge on any atom is -0.354 e. The Labute approximate surface area is 92.0 Å². The summed E-state index contributed by atoms with van der Waals surface area (Å²) < 4.78 is 0. The third-order valence-electron chi connectivity index (χ3n) is 3.95. The van der Waals surface area contributed by atoms with E-state index in [9.17, 15) is 4.79 Å². The largest absolute Gasteiger partial charge is 0.354 e. The average Bonchev–Trinajstić information content (AvgIpc) is 2.85. The summed E-state index contributed by atoms with van der Waals surface area (Å²) in [5.74, 6) is 1.73. The van der Waals surface area contributed by atoms with Crippen molar-refractivity contribution in [2.24, 2.45) is 11.8 Å². The highest BCUT2D eigenvalue weighted by molar-refractivity contribution is 5.81. The van der Waals surface area contributed by atoms with Gasteiger partial charge in [0.1, 0.15) is 0 Å². The van der Waals surface area contributed by atoms with Crippen LogP contribution in [0.15, 0.2) is 0 Å². The van der Waals surface area contributed by atoms with Crippen molar-refractivity contribution in [1.82, 2.24) is 10.6 Å². The van der Waals surface area contributed by atoms with E-state index in [4.69, 9.17) is 0 Å². The fourth-order valence-corrected chi connectivity index (χ4v) is 2.79. The van der Waals surface area contributed by atoms with Crippen molar-refractivity contribution in [3.8, 4) is 0 Å². The molecule has 2 rings (SSSR count). The van der Waals surface area contributed by atoms with Crippen LogP contribution in [0.25, 0.3) is 0 Å². The second kappa shape index (κ2) is 4.97. The fraction of sp³-hybridized carbons (Fsp3) is 0.917. The van der Waals surface area contributed by atoms with Crippen LogP contribution in [0.5, 0.6) is 0 Å². The maximum Gasteiger partial charge on any atom is 0.237 e. The number of hydrogen-bond acceptors (Lipinski definition) is 2. The Morgan fingerprint density at radius 1 is 1.33 bits per heavy atom. The van der Waals surface area contributed by atoms with E-state index in [0.717, 1.165) is 37.8 Å². The SMILES string of the molecule is CC1CCCC1CNC(=O)[C@@H]1CCCN1. The van der Waals surface area contributed by atoms with Crippen LogP contribution in [0.2, 0.25) is 0 Å². The molecule has 2 fully saturated rings. The van der Waals surface area contributed by atoms with Gasteiger partial charge < -0.3 is 10.6 Å². The van der Waals surface area contributed by atoms with Crippen LogP contribution in [-0.4, -0.2) is 25.0 Å². The normalized spacial score (nSPS) is 35.7. The molecule has 15 heavy (non-hydrogen) atoms. The summed E-state index contributed by atoms with van der Waals surface area (Å²) in [4.78, 5) is 11.7.